The maximum Gasteiger partial charge on any atom is 0.119 e. The lowest BCUT2D eigenvalue weighted by molar-refractivity contribution is 0.313. The summed E-state index contributed by atoms with van der Waals surface area (Å²) < 4.78 is 5.62. The zero-order valence-corrected chi connectivity index (χ0v) is 11.5. The molecule has 0 radical (unpaired) electrons. The minimum absolute atomic E-state index is 0.655. The van der Waals surface area contributed by atoms with Gasteiger partial charge in [-0.05, 0) is 42.8 Å². The predicted molar refractivity (Wildman–Crippen MR) is 82.5 cm³/mol. The Balaban J connectivity index is 1.79. The van der Waals surface area contributed by atoms with Crippen molar-refractivity contribution in [2.45, 2.75) is 13.0 Å². The van der Waals surface area contributed by atoms with Crippen molar-refractivity contribution < 1.29 is 4.74 Å². The van der Waals surface area contributed by atoms with Crippen molar-refractivity contribution in [2.24, 2.45) is 5.73 Å². The molecule has 0 aliphatic rings. The molecule has 0 saturated carbocycles. The van der Waals surface area contributed by atoms with Crippen molar-refractivity contribution >= 4 is 5.69 Å². The first kappa shape index (κ1) is 14.4. The Morgan fingerprint density at radius 1 is 1.00 bits per heavy atom. The van der Waals surface area contributed by atoms with Crippen LogP contribution in [0.2, 0.25) is 0 Å². The molecule has 2 rings (SSSR count). The van der Waals surface area contributed by atoms with Crippen LogP contribution in [0.5, 0.6) is 5.75 Å². The van der Waals surface area contributed by atoms with Crippen LogP contribution >= 0.6 is 0 Å². The Kier molecular flexibility index (Phi) is 5.89. The van der Waals surface area contributed by atoms with E-state index < -0.39 is 0 Å². The molecular formula is C16H21N3O. The van der Waals surface area contributed by atoms with Crippen LogP contribution in [0.4, 0.5) is 5.69 Å². The number of nitrogens with two attached hydrogens (primary N) is 1. The first-order chi connectivity index (χ1) is 9.88. The van der Waals surface area contributed by atoms with Gasteiger partial charge in [0.25, 0.3) is 0 Å². The van der Waals surface area contributed by atoms with E-state index in [2.05, 4.69) is 16.9 Å². The molecule has 4 nitrogen and oxygen atoms in total. The maximum atomic E-state index is 5.62. The first-order valence-corrected chi connectivity index (χ1v) is 6.84. The zero-order chi connectivity index (χ0) is 14.0. The molecule has 20 heavy (non-hydrogen) atoms. The fourth-order valence-corrected chi connectivity index (χ4v) is 1.79. The number of hydrogen-bond donors (Lipinski definition) is 3. The summed E-state index contributed by atoms with van der Waals surface area (Å²) in [4.78, 5) is 0. The van der Waals surface area contributed by atoms with Gasteiger partial charge in [0.2, 0.25) is 0 Å². The molecule has 2 aromatic rings. The average molecular weight is 271 g/mol. The number of anilines is 1. The SMILES string of the molecule is NCCCOc1cccc(CNNc2ccccc2)c1. The molecule has 0 fully saturated rings. The van der Waals surface area contributed by atoms with E-state index in [0.29, 0.717) is 13.2 Å². The van der Waals surface area contributed by atoms with Gasteiger partial charge in [-0.2, -0.15) is 0 Å². The maximum absolute atomic E-state index is 5.62. The summed E-state index contributed by atoms with van der Waals surface area (Å²) >= 11 is 0. The Bertz CT molecular complexity index is 502. The third kappa shape index (κ3) is 4.91. The molecular weight excluding hydrogens is 250 g/mol. The lowest BCUT2D eigenvalue weighted by atomic mass is 10.2. The monoisotopic (exact) mass is 271 g/mol. The van der Waals surface area contributed by atoms with E-state index >= 15 is 0 Å². The topological polar surface area (TPSA) is 59.3 Å². The molecule has 0 heterocycles. The smallest absolute Gasteiger partial charge is 0.119 e. The van der Waals surface area contributed by atoms with Gasteiger partial charge in [0.05, 0.1) is 6.61 Å². The van der Waals surface area contributed by atoms with Crippen LogP contribution in [0.15, 0.2) is 54.6 Å². The molecule has 0 aliphatic carbocycles. The fourth-order valence-electron chi connectivity index (χ4n) is 1.79. The zero-order valence-electron chi connectivity index (χ0n) is 11.5. The van der Waals surface area contributed by atoms with Gasteiger partial charge in [0.1, 0.15) is 5.75 Å². The highest BCUT2D eigenvalue weighted by molar-refractivity contribution is 5.41. The Hall–Kier alpha value is -2.04. The Morgan fingerprint density at radius 3 is 2.65 bits per heavy atom. The molecule has 2 aromatic carbocycles. The highest BCUT2D eigenvalue weighted by Gasteiger charge is 1.97. The second-order valence-corrected chi connectivity index (χ2v) is 4.48. The minimum atomic E-state index is 0.655. The number of nitrogens with one attached hydrogen (secondary N) is 2. The van der Waals surface area contributed by atoms with E-state index in [0.717, 1.165) is 24.4 Å². The van der Waals surface area contributed by atoms with Gasteiger partial charge < -0.3 is 15.9 Å². The highest BCUT2D eigenvalue weighted by Crippen LogP contribution is 2.13. The number of ether oxygens (including phenoxy) is 1. The number of benzene rings is 2. The molecule has 4 N–H and O–H groups in total. The van der Waals surface area contributed by atoms with Crippen LogP contribution in [-0.2, 0) is 6.54 Å². The third-order valence-corrected chi connectivity index (χ3v) is 2.81. The second-order valence-electron chi connectivity index (χ2n) is 4.48. The number of para-hydroxylation sites is 1. The molecule has 0 spiro atoms. The van der Waals surface area contributed by atoms with Crippen molar-refractivity contribution in [1.29, 1.82) is 0 Å². The molecule has 0 unspecified atom stereocenters. The Morgan fingerprint density at radius 2 is 1.85 bits per heavy atom. The molecule has 0 aromatic heterocycles. The fraction of sp³-hybridized carbons (Fsp3) is 0.250. The summed E-state index contributed by atoms with van der Waals surface area (Å²) in [6.07, 6.45) is 0.873. The average Bonchev–Trinajstić information content (AvgIpc) is 2.49. The summed E-state index contributed by atoms with van der Waals surface area (Å²) in [5.74, 6) is 0.887. The van der Waals surface area contributed by atoms with Gasteiger partial charge >= 0.3 is 0 Å². The molecule has 0 saturated heterocycles. The van der Waals surface area contributed by atoms with E-state index in [1.54, 1.807) is 0 Å². The number of rotatable bonds is 8. The molecule has 0 amide bonds. The van der Waals surface area contributed by atoms with E-state index in [1.807, 2.05) is 48.5 Å². The minimum Gasteiger partial charge on any atom is -0.494 e. The van der Waals surface area contributed by atoms with Crippen LogP contribution in [0.25, 0.3) is 0 Å². The molecule has 106 valence electrons. The summed E-state index contributed by atoms with van der Waals surface area (Å²) in [6.45, 7) is 2.04. The van der Waals surface area contributed by atoms with Crippen molar-refractivity contribution in [2.75, 3.05) is 18.6 Å². The van der Waals surface area contributed by atoms with Crippen LogP contribution < -0.4 is 21.3 Å². The number of hydrazine groups is 1. The lowest BCUT2D eigenvalue weighted by Crippen LogP contribution is -2.20. The quantitative estimate of drug-likeness (QED) is 0.510. The normalized spacial score (nSPS) is 10.2. The Labute approximate surface area is 119 Å². The molecule has 0 atom stereocenters. The first-order valence-electron chi connectivity index (χ1n) is 6.84. The largest absolute Gasteiger partial charge is 0.494 e. The van der Waals surface area contributed by atoms with E-state index in [1.165, 1.54) is 5.56 Å². The van der Waals surface area contributed by atoms with Crippen molar-refractivity contribution in [3.05, 3.63) is 60.2 Å². The molecule has 0 bridgehead atoms. The second kappa shape index (κ2) is 8.19. The van der Waals surface area contributed by atoms with Crippen molar-refractivity contribution in [3.8, 4) is 5.75 Å². The van der Waals surface area contributed by atoms with Crippen LogP contribution in [0, 0.1) is 0 Å². The van der Waals surface area contributed by atoms with Crippen LogP contribution in [-0.4, -0.2) is 13.2 Å². The van der Waals surface area contributed by atoms with Crippen molar-refractivity contribution in [3.63, 3.8) is 0 Å². The van der Waals surface area contributed by atoms with E-state index in [9.17, 15) is 0 Å². The predicted octanol–water partition coefficient (Wildman–Crippen LogP) is 2.53. The van der Waals surface area contributed by atoms with Crippen molar-refractivity contribution in [1.82, 2.24) is 5.43 Å². The molecule has 4 heteroatoms. The van der Waals surface area contributed by atoms with Gasteiger partial charge in [-0.1, -0.05) is 30.3 Å². The van der Waals surface area contributed by atoms with Gasteiger partial charge in [-0.15, -0.1) is 0 Å². The lowest BCUT2D eigenvalue weighted by Gasteiger charge is -2.10. The summed E-state index contributed by atoms with van der Waals surface area (Å²) in [6, 6.07) is 18.1. The summed E-state index contributed by atoms with van der Waals surface area (Å²) in [5.41, 5.74) is 14.0. The third-order valence-electron chi connectivity index (χ3n) is 2.81. The van der Waals surface area contributed by atoms with E-state index in [4.69, 9.17) is 10.5 Å². The standard InChI is InChI=1S/C16H21N3O/c17-10-5-11-20-16-9-4-6-14(12-16)13-18-19-15-7-2-1-3-8-15/h1-4,6-9,12,18-19H,5,10-11,13,17H2. The molecule has 0 aliphatic heterocycles. The summed E-state index contributed by atoms with van der Waals surface area (Å²) in [5, 5.41) is 0. The van der Waals surface area contributed by atoms with Crippen LogP contribution in [0.3, 0.4) is 0 Å². The number of hydrogen-bond acceptors (Lipinski definition) is 4. The van der Waals surface area contributed by atoms with Gasteiger partial charge in [0, 0.05) is 12.2 Å². The summed E-state index contributed by atoms with van der Waals surface area (Å²) in [7, 11) is 0. The van der Waals surface area contributed by atoms with Gasteiger partial charge in [-0.3, -0.25) is 0 Å². The van der Waals surface area contributed by atoms with E-state index in [-0.39, 0.29) is 0 Å². The highest BCUT2D eigenvalue weighted by atomic mass is 16.5. The van der Waals surface area contributed by atoms with Crippen LogP contribution in [0.1, 0.15) is 12.0 Å². The van der Waals surface area contributed by atoms with Gasteiger partial charge in [0.15, 0.2) is 0 Å². The van der Waals surface area contributed by atoms with Gasteiger partial charge in [-0.25, -0.2) is 5.43 Å².